The minimum atomic E-state index is -3.19. The lowest BCUT2D eigenvalue weighted by Gasteiger charge is -2.31. The molecule has 2 aromatic carbocycles. The second-order valence-corrected chi connectivity index (χ2v) is 10.5. The van der Waals surface area contributed by atoms with Gasteiger partial charge in [0.25, 0.3) is 5.91 Å². The second-order valence-electron chi connectivity index (χ2n) is 8.41. The molecule has 0 spiro atoms. The molecule has 1 saturated heterocycles. The Morgan fingerprint density at radius 1 is 1.06 bits per heavy atom. The summed E-state index contributed by atoms with van der Waals surface area (Å²) in [4.78, 5) is 13.1. The first kappa shape index (κ1) is 23.2. The fraction of sp³-hybridized carbons (Fsp3) is 0.360. The van der Waals surface area contributed by atoms with Gasteiger partial charge in [-0.3, -0.25) is 9.48 Å². The quantitative estimate of drug-likeness (QED) is 0.550. The number of piperidine rings is 1. The van der Waals surface area contributed by atoms with Crippen LogP contribution in [0.5, 0.6) is 0 Å². The number of sulfonamides is 1. The maximum atomic E-state index is 13.1. The molecular weight excluding hydrogens is 436 g/mol. The van der Waals surface area contributed by atoms with E-state index in [-0.39, 0.29) is 17.7 Å². The monoisotopic (exact) mass is 466 g/mol. The number of hydrogen-bond donors (Lipinski definition) is 1. The number of rotatable bonds is 8. The van der Waals surface area contributed by atoms with E-state index in [9.17, 15) is 13.2 Å². The zero-order chi connectivity index (χ0) is 23.3. The molecule has 174 valence electrons. The van der Waals surface area contributed by atoms with Crippen LogP contribution >= 0.6 is 0 Å². The van der Waals surface area contributed by atoms with E-state index < -0.39 is 10.0 Å². The van der Waals surface area contributed by atoms with Gasteiger partial charge in [-0.05, 0) is 48.1 Å². The predicted molar refractivity (Wildman–Crippen MR) is 129 cm³/mol. The Morgan fingerprint density at radius 3 is 2.45 bits per heavy atom. The van der Waals surface area contributed by atoms with Gasteiger partial charge >= 0.3 is 0 Å². The van der Waals surface area contributed by atoms with Gasteiger partial charge in [0.1, 0.15) is 0 Å². The summed E-state index contributed by atoms with van der Waals surface area (Å²) in [5.41, 5.74) is 3.61. The van der Waals surface area contributed by atoms with E-state index >= 15 is 0 Å². The van der Waals surface area contributed by atoms with Crippen LogP contribution in [0.1, 0.15) is 42.1 Å². The van der Waals surface area contributed by atoms with Gasteiger partial charge in [0.2, 0.25) is 10.0 Å². The number of nitrogens with one attached hydrogen (secondary N) is 1. The first-order chi connectivity index (χ1) is 16.0. The first-order valence-corrected chi connectivity index (χ1v) is 13.0. The van der Waals surface area contributed by atoms with E-state index in [0.717, 1.165) is 16.7 Å². The highest BCUT2D eigenvalue weighted by Gasteiger charge is 2.28. The highest BCUT2D eigenvalue weighted by Crippen LogP contribution is 2.25. The van der Waals surface area contributed by atoms with Gasteiger partial charge < -0.3 is 5.32 Å². The molecule has 0 bridgehead atoms. The summed E-state index contributed by atoms with van der Waals surface area (Å²) in [5, 5.41) is 7.36. The molecule has 1 amide bonds. The van der Waals surface area contributed by atoms with Crippen LogP contribution in [0.25, 0.3) is 11.1 Å². The number of amides is 1. The number of carbonyl (C=O) groups is 1. The average Bonchev–Trinajstić information content (AvgIpc) is 3.33. The minimum absolute atomic E-state index is 0.0323. The Bertz CT molecular complexity index is 1170. The van der Waals surface area contributed by atoms with Crippen LogP contribution in [0.4, 0.5) is 0 Å². The number of nitrogens with zero attached hydrogens (tertiary/aromatic N) is 3. The summed E-state index contributed by atoms with van der Waals surface area (Å²) in [6.07, 6.45) is 5.55. The van der Waals surface area contributed by atoms with E-state index in [0.29, 0.717) is 44.5 Å². The van der Waals surface area contributed by atoms with Gasteiger partial charge in [0.05, 0.1) is 12.3 Å². The second kappa shape index (κ2) is 10.3. The number of aromatic nitrogens is 2. The van der Waals surface area contributed by atoms with Crippen molar-refractivity contribution >= 4 is 15.9 Å². The molecule has 8 heteroatoms. The Hall–Kier alpha value is -2.97. The van der Waals surface area contributed by atoms with Crippen molar-refractivity contribution in [1.29, 1.82) is 0 Å². The lowest BCUT2D eigenvalue weighted by atomic mass is 9.97. The molecule has 1 aliphatic heterocycles. The lowest BCUT2D eigenvalue weighted by molar-refractivity contribution is 0.0924. The summed E-state index contributed by atoms with van der Waals surface area (Å²) >= 11 is 0. The Morgan fingerprint density at radius 2 is 1.79 bits per heavy atom. The van der Waals surface area contributed by atoms with Crippen LogP contribution in [0.2, 0.25) is 0 Å². The third kappa shape index (κ3) is 5.69. The maximum Gasteiger partial charge on any atom is 0.252 e. The molecule has 1 fully saturated rings. The topological polar surface area (TPSA) is 84.3 Å². The molecule has 4 rings (SSSR count). The van der Waals surface area contributed by atoms with Crippen LogP contribution in [0, 0.1) is 0 Å². The van der Waals surface area contributed by atoms with E-state index in [2.05, 4.69) is 22.5 Å². The molecule has 1 N–H and O–H groups in total. The summed E-state index contributed by atoms with van der Waals surface area (Å²) in [6.45, 7) is 3.47. The normalized spacial score (nSPS) is 15.4. The molecule has 0 saturated carbocycles. The molecule has 7 nitrogen and oxygen atoms in total. The van der Waals surface area contributed by atoms with Crippen LogP contribution in [0.15, 0.2) is 67.0 Å². The molecule has 0 radical (unpaired) electrons. The zero-order valence-electron chi connectivity index (χ0n) is 18.9. The highest BCUT2D eigenvalue weighted by molar-refractivity contribution is 7.89. The van der Waals surface area contributed by atoms with Crippen molar-refractivity contribution in [1.82, 2.24) is 19.4 Å². The predicted octanol–water partition coefficient (Wildman–Crippen LogP) is 3.53. The third-order valence-corrected chi connectivity index (χ3v) is 8.06. The molecule has 1 aromatic heterocycles. The van der Waals surface area contributed by atoms with Gasteiger partial charge in [0, 0.05) is 37.1 Å². The standard InChI is InChI=1S/C25H30N4O3S/c1-2-18-33(31,32)29-16-12-22(13-17-29)27-25(30)24-7-4-3-6-23(24)21-10-8-20(9-11-21)19-28-15-5-14-26-28/h3-11,14-15,22H,2,12-13,16-19H2,1H3,(H,27,30). The van der Waals surface area contributed by atoms with Crippen molar-refractivity contribution in [3.8, 4) is 11.1 Å². The van der Waals surface area contributed by atoms with Gasteiger partial charge in [0.15, 0.2) is 0 Å². The Kier molecular flexibility index (Phi) is 7.25. The zero-order valence-corrected chi connectivity index (χ0v) is 19.7. The smallest absolute Gasteiger partial charge is 0.252 e. The number of benzene rings is 2. The molecule has 0 aliphatic carbocycles. The fourth-order valence-electron chi connectivity index (χ4n) is 4.23. The third-order valence-electron chi connectivity index (χ3n) is 5.99. The summed E-state index contributed by atoms with van der Waals surface area (Å²) < 4.78 is 28.0. The molecule has 33 heavy (non-hydrogen) atoms. The summed E-state index contributed by atoms with van der Waals surface area (Å²) in [6, 6.07) is 17.6. The molecule has 3 aromatic rings. The summed E-state index contributed by atoms with van der Waals surface area (Å²) in [7, 11) is -3.19. The Balaban J connectivity index is 1.42. The first-order valence-electron chi connectivity index (χ1n) is 11.4. The molecule has 2 heterocycles. The van der Waals surface area contributed by atoms with Crippen molar-refractivity contribution in [3.63, 3.8) is 0 Å². The maximum absolute atomic E-state index is 13.1. The van der Waals surface area contributed by atoms with E-state index in [4.69, 9.17) is 0 Å². The van der Waals surface area contributed by atoms with Gasteiger partial charge in [-0.15, -0.1) is 0 Å². The minimum Gasteiger partial charge on any atom is -0.349 e. The average molecular weight is 467 g/mol. The number of carbonyl (C=O) groups excluding carboxylic acids is 1. The molecule has 0 unspecified atom stereocenters. The van der Waals surface area contributed by atoms with Gasteiger partial charge in [-0.1, -0.05) is 49.4 Å². The van der Waals surface area contributed by atoms with Crippen molar-refractivity contribution < 1.29 is 13.2 Å². The fourth-order valence-corrected chi connectivity index (χ4v) is 5.77. The SMILES string of the molecule is CCCS(=O)(=O)N1CCC(NC(=O)c2ccccc2-c2ccc(Cn3cccn3)cc2)CC1. The van der Waals surface area contributed by atoms with Crippen LogP contribution in [-0.4, -0.2) is 53.3 Å². The highest BCUT2D eigenvalue weighted by atomic mass is 32.2. The van der Waals surface area contributed by atoms with Crippen LogP contribution < -0.4 is 5.32 Å². The molecular formula is C25H30N4O3S. The van der Waals surface area contributed by atoms with E-state index in [1.54, 1.807) is 10.5 Å². The van der Waals surface area contributed by atoms with Crippen LogP contribution in [-0.2, 0) is 16.6 Å². The Labute approximate surface area is 195 Å². The van der Waals surface area contributed by atoms with Crippen molar-refractivity contribution in [3.05, 3.63) is 78.1 Å². The van der Waals surface area contributed by atoms with Gasteiger partial charge in [-0.2, -0.15) is 5.10 Å². The van der Waals surface area contributed by atoms with E-state index in [1.165, 1.54) is 0 Å². The van der Waals surface area contributed by atoms with Crippen molar-refractivity contribution in [2.75, 3.05) is 18.8 Å². The number of hydrogen-bond acceptors (Lipinski definition) is 4. The summed E-state index contributed by atoms with van der Waals surface area (Å²) in [5.74, 6) is 0.0547. The van der Waals surface area contributed by atoms with Crippen LogP contribution in [0.3, 0.4) is 0 Å². The largest absolute Gasteiger partial charge is 0.349 e. The van der Waals surface area contributed by atoms with Gasteiger partial charge in [-0.25, -0.2) is 12.7 Å². The van der Waals surface area contributed by atoms with Crippen molar-refractivity contribution in [2.24, 2.45) is 0 Å². The lowest BCUT2D eigenvalue weighted by Crippen LogP contribution is -2.47. The molecule has 0 atom stereocenters. The molecule has 1 aliphatic rings. The van der Waals surface area contributed by atoms with Crippen molar-refractivity contribution in [2.45, 2.75) is 38.8 Å². The van der Waals surface area contributed by atoms with E-state index in [1.807, 2.05) is 60.3 Å².